The van der Waals surface area contributed by atoms with Gasteiger partial charge in [0.1, 0.15) is 11.3 Å². The number of urea groups is 1. The fourth-order valence-corrected chi connectivity index (χ4v) is 3.68. The maximum absolute atomic E-state index is 13.0. The number of halogens is 1. The molecule has 0 radical (unpaired) electrons. The van der Waals surface area contributed by atoms with Crippen molar-refractivity contribution in [2.45, 2.75) is 32.4 Å². The van der Waals surface area contributed by atoms with E-state index in [-0.39, 0.29) is 23.4 Å². The Morgan fingerprint density at radius 2 is 1.93 bits per heavy atom. The third-order valence-electron chi connectivity index (χ3n) is 5.23. The Kier molecular flexibility index (Phi) is 5.60. The lowest BCUT2D eigenvalue weighted by molar-refractivity contribution is 0.246. The topological polar surface area (TPSA) is 92.2 Å². The highest BCUT2D eigenvalue weighted by molar-refractivity contribution is 5.89. The van der Waals surface area contributed by atoms with Gasteiger partial charge in [0.25, 0.3) is 5.56 Å². The van der Waals surface area contributed by atoms with Crippen molar-refractivity contribution in [2.24, 2.45) is 0 Å². The molecule has 2 N–H and O–H groups in total. The van der Waals surface area contributed by atoms with E-state index in [1.807, 2.05) is 17.9 Å². The van der Waals surface area contributed by atoms with E-state index in [1.165, 1.54) is 24.3 Å². The molecule has 156 valence electrons. The smallest absolute Gasteiger partial charge is 0.319 e. The van der Waals surface area contributed by atoms with Crippen LogP contribution in [-0.4, -0.2) is 39.7 Å². The number of fused-ring (bicyclic) bond motifs is 1. The maximum Gasteiger partial charge on any atom is 0.319 e. The Morgan fingerprint density at radius 3 is 2.63 bits per heavy atom. The highest BCUT2D eigenvalue weighted by Crippen LogP contribution is 2.18. The van der Waals surface area contributed by atoms with E-state index in [4.69, 9.17) is 0 Å². The zero-order valence-electron chi connectivity index (χ0n) is 16.6. The number of benzene rings is 1. The number of pyridine rings is 1. The van der Waals surface area contributed by atoms with Gasteiger partial charge in [0.15, 0.2) is 11.5 Å². The van der Waals surface area contributed by atoms with E-state index < -0.39 is 0 Å². The number of nitrogens with one attached hydrogen (secondary N) is 2. The number of aromatic nitrogens is 3. The van der Waals surface area contributed by atoms with Crippen molar-refractivity contribution in [1.82, 2.24) is 19.9 Å². The Balaban J connectivity index is 1.41. The molecule has 3 heterocycles. The summed E-state index contributed by atoms with van der Waals surface area (Å²) in [6.45, 7) is 3.65. The van der Waals surface area contributed by atoms with E-state index in [0.29, 0.717) is 55.1 Å². The number of nitrogens with zero attached hydrogens (tertiary/aromatic N) is 4. The van der Waals surface area contributed by atoms with Crippen LogP contribution in [0.25, 0.3) is 11.2 Å². The first-order chi connectivity index (χ1) is 14.5. The average molecular weight is 410 g/mol. The molecule has 1 fully saturated rings. The van der Waals surface area contributed by atoms with E-state index in [2.05, 4.69) is 20.6 Å². The van der Waals surface area contributed by atoms with Crippen LogP contribution in [0.4, 0.5) is 20.7 Å². The summed E-state index contributed by atoms with van der Waals surface area (Å²) in [6.07, 6.45) is 3.04. The lowest BCUT2D eigenvalue weighted by atomic mass is 10.1. The highest BCUT2D eigenvalue weighted by Gasteiger charge is 2.24. The van der Waals surface area contributed by atoms with Gasteiger partial charge in [-0.3, -0.25) is 9.36 Å². The Labute approximate surface area is 172 Å². The van der Waals surface area contributed by atoms with Crippen molar-refractivity contribution < 1.29 is 9.18 Å². The van der Waals surface area contributed by atoms with Crippen molar-refractivity contribution in [3.05, 3.63) is 58.8 Å². The van der Waals surface area contributed by atoms with Gasteiger partial charge in [-0.15, -0.1) is 0 Å². The molecule has 8 nitrogen and oxygen atoms in total. The first-order valence-electron chi connectivity index (χ1n) is 9.98. The molecule has 1 aliphatic rings. The zero-order chi connectivity index (χ0) is 21.1. The number of anilines is 2. The predicted molar refractivity (Wildman–Crippen MR) is 113 cm³/mol. The van der Waals surface area contributed by atoms with Gasteiger partial charge in [0.2, 0.25) is 0 Å². The van der Waals surface area contributed by atoms with E-state index in [1.54, 1.807) is 16.8 Å². The van der Waals surface area contributed by atoms with Crippen LogP contribution in [0.3, 0.4) is 0 Å². The van der Waals surface area contributed by atoms with Crippen molar-refractivity contribution in [2.75, 3.05) is 23.3 Å². The molecule has 0 unspecified atom stereocenters. The third kappa shape index (κ3) is 4.10. The largest absolute Gasteiger partial charge is 0.352 e. The molecule has 1 aliphatic heterocycles. The van der Waals surface area contributed by atoms with E-state index in [9.17, 15) is 14.0 Å². The number of rotatable bonds is 4. The van der Waals surface area contributed by atoms with Crippen molar-refractivity contribution in [1.29, 1.82) is 0 Å². The van der Waals surface area contributed by atoms with Crippen LogP contribution in [-0.2, 0) is 6.54 Å². The molecule has 3 aromatic rings. The van der Waals surface area contributed by atoms with Gasteiger partial charge in [0, 0.05) is 37.6 Å². The zero-order valence-corrected chi connectivity index (χ0v) is 16.6. The van der Waals surface area contributed by atoms with Crippen molar-refractivity contribution in [3.8, 4) is 0 Å². The Morgan fingerprint density at radius 1 is 1.20 bits per heavy atom. The fraction of sp³-hybridized carbons (Fsp3) is 0.333. The average Bonchev–Trinajstić information content (AvgIpc) is 2.75. The number of amides is 2. The molecule has 0 bridgehead atoms. The van der Waals surface area contributed by atoms with Gasteiger partial charge in [-0.05, 0) is 56.2 Å². The van der Waals surface area contributed by atoms with Crippen LogP contribution in [0.1, 0.15) is 19.8 Å². The summed E-state index contributed by atoms with van der Waals surface area (Å²) in [5.41, 5.74) is 1.65. The van der Waals surface area contributed by atoms with Gasteiger partial charge in [-0.25, -0.2) is 19.2 Å². The molecular weight excluding hydrogens is 387 g/mol. The third-order valence-corrected chi connectivity index (χ3v) is 5.23. The summed E-state index contributed by atoms with van der Waals surface area (Å²) < 4.78 is 14.6. The second kappa shape index (κ2) is 8.48. The molecule has 0 spiro atoms. The number of piperidine rings is 1. The number of carbonyl (C=O) groups is 1. The van der Waals surface area contributed by atoms with Crippen LogP contribution in [0, 0.1) is 5.82 Å². The first kappa shape index (κ1) is 19.8. The summed E-state index contributed by atoms with van der Waals surface area (Å²) in [5, 5.41) is 5.64. The highest BCUT2D eigenvalue weighted by atomic mass is 19.1. The second-order valence-corrected chi connectivity index (χ2v) is 7.20. The number of carbonyl (C=O) groups excluding carboxylic acids is 1. The fourth-order valence-electron chi connectivity index (χ4n) is 3.68. The van der Waals surface area contributed by atoms with Gasteiger partial charge in [0.05, 0.1) is 0 Å². The molecular formula is C21H23FN6O2. The molecule has 2 aromatic heterocycles. The van der Waals surface area contributed by atoms with Crippen LogP contribution in [0.5, 0.6) is 0 Å². The molecule has 4 rings (SSSR count). The second-order valence-electron chi connectivity index (χ2n) is 7.20. The SMILES string of the molecule is CCn1c(=O)c(N2CCC(NC(=O)Nc3ccc(F)cc3)CC2)nc2cccnc21. The Hall–Kier alpha value is -3.49. The predicted octanol–water partition coefficient (Wildman–Crippen LogP) is 2.74. The molecule has 0 aliphatic carbocycles. The van der Waals surface area contributed by atoms with Crippen molar-refractivity contribution in [3.63, 3.8) is 0 Å². The molecule has 0 atom stereocenters. The molecule has 30 heavy (non-hydrogen) atoms. The normalized spacial score (nSPS) is 14.7. The molecule has 2 amide bonds. The lowest BCUT2D eigenvalue weighted by Gasteiger charge is -2.33. The van der Waals surface area contributed by atoms with Gasteiger partial charge in [-0.2, -0.15) is 0 Å². The minimum atomic E-state index is -0.353. The first-order valence-corrected chi connectivity index (χ1v) is 9.98. The molecule has 1 aromatic carbocycles. The summed E-state index contributed by atoms with van der Waals surface area (Å²) in [7, 11) is 0. The van der Waals surface area contributed by atoms with Crippen LogP contribution >= 0.6 is 0 Å². The van der Waals surface area contributed by atoms with Gasteiger partial charge < -0.3 is 15.5 Å². The molecule has 9 heteroatoms. The summed E-state index contributed by atoms with van der Waals surface area (Å²) in [5.74, 6) is 0.0695. The Bertz CT molecular complexity index is 1110. The standard InChI is InChI=1S/C21H23FN6O2/c1-2-28-18-17(4-3-11-23-18)26-19(20(28)29)27-12-9-16(10-13-27)25-21(30)24-15-7-5-14(22)6-8-15/h3-8,11,16H,2,9-10,12-13H2,1H3,(H2,24,25,30). The van der Waals surface area contributed by atoms with E-state index >= 15 is 0 Å². The summed E-state index contributed by atoms with van der Waals surface area (Å²) >= 11 is 0. The number of hydrogen-bond acceptors (Lipinski definition) is 5. The number of hydrogen-bond donors (Lipinski definition) is 2. The van der Waals surface area contributed by atoms with E-state index in [0.717, 1.165) is 0 Å². The van der Waals surface area contributed by atoms with Crippen LogP contribution < -0.4 is 21.1 Å². The minimum absolute atomic E-state index is 0.0165. The molecule has 0 saturated carbocycles. The van der Waals surface area contributed by atoms with Gasteiger partial charge >= 0.3 is 6.03 Å². The minimum Gasteiger partial charge on any atom is -0.352 e. The van der Waals surface area contributed by atoms with Crippen LogP contribution in [0.2, 0.25) is 0 Å². The van der Waals surface area contributed by atoms with Crippen molar-refractivity contribution >= 4 is 28.7 Å². The van der Waals surface area contributed by atoms with Gasteiger partial charge in [-0.1, -0.05) is 0 Å². The number of aryl methyl sites for hydroxylation is 1. The summed E-state index contributed by atoms with van der Waals surface area (Å²) in [6, 6.07) is 8.92. The quantitative estimate of drug-likeness (QED) is 0.690. The molecule has 1 saturated heterocycles. The van der Waals surface area contributed by atoms with Crippen LogP contribution in [0.15, 0.2) is 47.4 Å². The lowest BCUT2D eigenvalue weighted by Crippen LogP contribution is -2.47. The maximum atomic E-state index is 13.0. The monoisotopic (exact) mass is 410 g/mol. The summed E-state index contributed by atoms with van der Waals surface area (Å²) in [4.78, 5) is 35.9.